The van der Waals surface area contributed by atoms with Gasteiger partial charge in [-0.05, 0) is 10.6 Å². The number of carbonyl (C=O) groups is 1. The number of benzene rings is 2. The molecule has 0 aliphatic rings. The zero-order valence-corrected chi connectivity index (χ0v) is 11.5. The van der Waals surface area contributed by atoms with Crippen LogP contribution in [-0.4, -0.2) is 12.1 Å². The summed E-state index contributed by atoms with van der Waals surface area (Å²) in [5.41, 5.74) is 8.32. The van der Waals surface area contributed by atoms with E-state index >= 15 is 0 Å². The van der Waals surface area contributed by atoms with Gasteiger partial charge in [0.1, 0.15) is 0 Å². The lowest BCUT2D eigenvalue weighted by atomic mass is 10.4. The third-order valence-electron chi connectivity index (χ3n) is 2.86. The molecule has 20 heavy (non-hydrogen) atoms. The van der Waals surface area contributed by atoms with Crippen molar-refractivity contribution in [2.45, 2.75) is 0 Å². The lowest BCUT2D eigenvalue weighted by molar-refractivity contribution is -0.115. The van der Waals surface area contributed by atoms with Crippen molar-refractivity contribution in [1.82, 2.24) is 0 Å². The summed E-state index contributed by atoms with van der Waals surface area (Å²) in [7, 11) is -3.12. The first-order chi connectivity index (χ1) is 9.66. The number of carbonyl (C=O) groups excluding carboxylic acids is 1. The van der Waals surface area contributed by atoms with Crippen LogP contribution in [0.15, 0.2) is 65.8 Å². The van der Waals surface area contributed by atoms with E-state index in [1.165, 1.54) is 0 Å². The van der Waals surface area contributed by atoms with E-state index in [-0.39, 0.29) is 6.16 Å². The molecule has 0 saturated heterocycles. The zero-order valence-electron chi connectivity index (χ0n) is 10.6. The maximum atomic E-state index is 13.3. The second-order valence-electron chi connectivity index (χ2n) is 4.15. The fraction of sp³-hybridized carbons (Fsp3) is 0.0714. The summed E-state index contributed by atoms with van der Waals surface area (Å²) >= 11 is 0. The lowest BCUT2D eigenvalue weighted by Gasteiger charge is -2.17. The molecule has 0 saturated carbocycles. The molecule has 100 valence electrons. The van der Waals surface area contributed by atoms with E-state index < -0.39 is 13.0 Å². The summed E-state index contributed by atoms with van der Waals surface area (Å²) < 4.78 is 13.3. The molecule has 1 amide bonds. The Hall–Kier alpha value is -2.35. The molecule has 0 unspecified atom stereocenters. The van der Waals surface area contributed by atoms with Crippen LogP contribution < -0.4 is 10.6 Å². The maximum absolute atomic E-state index is 13.3. The van der Waals surface area contributed by atoms with Crippen LogP contribution in [0, 0.1) is 0 Å². The Balaban J connectivity index is 2.52. The second kappa shape index (κ2) is 6.20. The van der Waals surface area contributed by atoms with Crippen LogP contribution in [-0.2, 0) is 9.36 Å². The molecule has 2 rings (SSSR count). The minimum atomic E-state index is -3.12. The molecule has 6 heteroatoms. The highest BCUT2D eigenvalue weighted by Crippen LogP contribution is 2.43. The topological polar surface area (TPSA) is 82.9 Å². The Morgan fingerprint density at radius 1 is 1.00 bits per heavy atom. The molecule has 0 aliphatic heterocycles. The molecule has 2 aromatic carbocycles. The van der Waals surface area contributed by atoms with Gasteiger partial charge in [0.25, 0.3) is 0 Å². The molecular weight excluding hydrogens is 273 g/mol. The van der Waals surface area contributed by atoms with Gasteiger partial charge in [-0.15, -0.1) is 0 Å². The first-order valence-corrected chi connectivity index (χ1v) is 7.84. The van der Waals surface area contributed by atoms with Gasteiger partial charge in [0.15, 0.2) is 7.14 Å². The van der Waals surface area contributed by atoms with E-state index in [1.54, 1.807) is 48.5 Å². The molecule has 5 nitrogen and oxygen atoms in total. The van der Waals surface area contributed by atoms with Gasteiger partial charge in [0, 0.05) is 15.5 Å². The summed E-state index contributed by atoms with van der Waals surface area (Å²) in [4.78, 5) is 14.1. The number of nitrogens with zero attached hydrogens (tertiary/aromatic N) is 3. The fourth-order valence-corrected chi connectivity index (χ4v) is 4.36. The van der Waals surface area contributed by atoms with E-state index in [9.17, 15) is 9.36 Å². The van der Waals surface area contributed by atoms with Crippen molar-refractivity contribution >= 4 is 23.7 Å². The molecule has 0 fully saturated rings. The van der Waals surface area contributed by atoms with E-state index in [2.05, 4.69) is 10.0 Å². The Morgan fingerprint density at radius 2 is 1.45 bits per heavy atom. The number of rotatable bonds is 4. The lowest BCUT2D eigenvalue weighted by Crippen LogP contribution is -2.21. The Labute approximate surface area is 116 Å². The molecule has 0 atom stereocenters. The van der Waals surface area contributed by atoms with Crippen LogP contribution in [0.3, 0.4) is 0 Å². The number of amides is 1. The highest BCUT2D eigenvalue weighted by Gasteiger charge is 2.29. The number of hydrogen-bond donors (Lipinski definition) is 0. The second-order valence-corrected chi connectivity index (χ2v) is 6.98. The van der Waals surface area contributed by atoms with Gasteiger partial charge in [0.05, 0.1) is 6.16 Å². The van der Waals surface area contributed by atoms with Gasteiger partial charge in [-0.25, -0.2) is 0 Å². The van der Waals surface area contributed by atoms with Crippen LogP contribution in [0.2, 0.25) is 0 Å². The molecule has 2 aromatic rings. The summed E-state index contributed by atoms with van der Waals surface area (Å²) in [6.07, 6.45) is -0.301. The van der Waals surface area contributed by atoms with Crippen molar-refractivity contribution in [1.29, 1.82) is 0 Å². The van der Waals surface area contributed by atoms with Gasteiger partial charge in [0.2, 0.25) is 5.91 Å². The highest BCUT2D eigenvalue weighted by atomic mass is 31.2. The number of hydrogen-bond acceptors (Lipinski definition) is 2. The normalized spacial score (nSPS) is 10.6. The van der Waals surface area contributed by atoms with Crippen molar-refractivity contribution in [3.05, 3.63) is 71.1 Å². The highest BCUT2D eigenvalue weighted by molar-refractivity contribution is 7.79. The fourth-order valence-electron chi connectivity index (χ4n) is 1.94. The van der Waals surface area contributed by atoms with Gasteiger partial charge < -0.3 is 4.57 Å². The van der Waals surface area contributed by atoms with E-state index in [0.717, 1.165) is 0 Å². The third kappa shape index (κ3) is 2.97. The van der Waals surface area contributed by atoms with Gasteiger partial charge >= 0.3 is 0 Å². The first kappa shape index (κ1) is 14.1. The van der Waals surface area contributed by atoms with Crippen LogP contribution in [0.1, 0.15) is 0 Å². The first-order valence-electron chi connectivity index (χ1n) is 5.95. The van der Waals surface area contributed by atoms with Gasteiger partial charge in [-0.2, -0.15) is 0 Å². The molecule has 0 bridgehead atoms. The monoisotopic (exact) mass is 285 g/mol. The summed E-state index contributed by atoms with van der Waals surface area (Å²) in [5, 5.41) is 4.18. The van der Waals surface area contributed by atoms with Crippen LogP contribution in [0.4, 0.5) is 0 Å². The molecule has 0 N–H and O–H groups in total. The van der Waals surface area contributed by atoms with E-state index in [4.69, 9.17) is 5.53 Å². The number of azide groups is 1. The maximum Gasteiger partial charge on any atom is 0.226 e. The van der Waals surface area contributed by atoms with E-state index in [1.807, 2.05) is 12.1 Å². The molecule has 0 heterocycles. The van der Waals surface area contributed by atoms with Crippen molar-refractivity contribution in [3.63, 3.8) is 0 Å². The largest absolute Gasteiger partial charge is 0.313 e. The average Bonchev–Trinajstić information content (AvgIpc) is 2.49. The average molecular weight is 285 g/mol. The third-order valence-corrected chi connectivity index (χ3v) is 5.84. The Morgan fingerprint density at radius 3 is 1.85 bits per heavy atom. The molecular formula is C14H12N3O2P. The minimum absolute atomic E-state index is 0.301. The van der Waals surface area contributed by atoms with E-state index in [0.29, 0.717) is 10.6 Å². The molecule has 0 spiro atoms. The van der Waals surface area contributed by atoms with Crippen molar-refractivity contribution < 1.29 is 9.36 Å². The quantitative estimate of drug-likeness (QED) is 0.374. The van der Waals surface area contributed by atoms with Crippen molar-refractivity contribution in [3.8, 4) is 0 Å². The SMILES string of the molecule is [N-]=[N+]=NC(=O)CP(=O)(c1ccccc1)c1ccccc1. The summed E-state index contributed by atoms with van der Waals surface area (Å²) in [5.74, 6) is -0.719. The van der Waals surface area contributed by atoms with Crippen LogP contribution >= 0.6 is 7.14 Å². The predicted octanol–water partition coefficient (Wildman–Crippen LogP) is 2.84. The smallest absolute Gasteiger partial charge is 0.226 e. The zero-order chi connectivity index (χ0) is 14.4. The predicted molar refractivity (Wildman–Crippen MR) is 78.8 cm³/mol. The molecule has 0 radical (unpaired) electrons. The molecule has 0 aliphatic carbocycles. The minimum Gasteiger partial charge on any atom is -0.313 e. The Kier molecular flexibility index (Phi) is 4.36. The Bertz CT molecular complexity index is 651. The van der Waals surface area contributed by atoms with Gasteiger partial charge in [-0.3, -0.25) is 4.79 Å². The van der Waals surface area contributed by atoms with Gasteiger partial charge in [-0.1, -0.05) is 60.7 Å². The summed E-state index contributed by atoms with van der Waals surface area (Å²) in [6.45, 7) is 0. The van der Waals surface area contributed by atoms with Crippen molar-refractivity contribution in [2.75, 3.05) is 6.16 Å². The van der Waals surface area contributed by atoms with Crippen LogP contribution in [0.25, 0.3) is 10.4 Å². The summed E-state index contributed by atoms with van der Waals surface area (Å²) in [6, 6.07) is 17.6. The standard InChI is InChI=1S/C14H12N3O2P/c15-17-16-14(18)11-20(19,12-7-3-1-4-8-12)13-9-5-2-6-10-13/h1-10H,11H2. The van der Waals surface area contributed by atoms with Crippen molar-refractivity contribution in [2.24, 2.45) is 5.11 Å². The molecule has 0 aromatic heterocycles. The van der Waals surface area contributed by atoms with Crippen LogP contribution in [0.5, 0.6) is 0 Å².